The summed E-state index contributed by atoms with van der Waals surface area (Å²) in [6.07, 6.45) is 0. The first-order valence-corrected chi connectivity index (χ1v) is 5.90. The van der Waals surface area contributed by atoms with Crippen LogP contribution < -0.4 is 0 Å². The molecule has 0 atom stereocenters. The van der Waals surface area contributed by atoms with Crippen molar-refractivity contribution < 1.29 is 9.85 Å². The molecule has 7 heteroatoms. The lowest BCUT2D eigenvalue weighted by molar-refractivity contribution is -0.385. The zero-order valence-electron chi connectivity index (χ0n) is 10.5. The molecule has 2 rings (SSSR count). The van der Waals surface area contributed by atoms with E-state index in [0.717, 1.165) is 0 Å². The van der Waals surface area contributed by atoms with Crippen molar-refractivity contribution >= 4 is 23.0 Å². The first-order chi connectivity index (χ1) is 9.43. The van der Waals surface area contributed by atoms with Crippen molar-refractivity contribution in [1.29, 1.82) is 0 Å². The van der Waals surface area contributed by atoms with Gasteiger partial charge in [-0.15, -0.1) is 0 Å². The highest BCUT2D eigenvalue weighted by molar-refractivity contribution is 6.32. The highest BCUT2D eigenvalue weighted by Crippen LogP contribution is 2.22. The fraction of sp³-hybridized carbons (Fsp3) is 0.0769. The van der Waals surface area contributed by atoms with Crippen LogP contribution in [0.3, 0.4) is 0 Å². The molecule has 20 heavy (non-hydrogen) atoms. The Balaban J connectivity index is 0.000000200. The maximum atomic E-state index is 10.2. The van der Waals surface area contributed by atoms with Gasteiger partial charge in [0.05, 0.1) is 9.85 Å². The lowest BCUT2D eigenvalue weighted by Crippen LogP contribution is -1.89. The molecule has 0 bridgehead atoms. The van der Waals surface area contributed by atoms with Gasteiger partial charge in [0, 0.05) is 17.7 Å². The van der Waals surface area contributed by atoms with Gasteiger partial charge < -0.3 is 0 Å². The fourth-order valence-electron chi connectivity index (χ4n) is 1.37. The molecule has 2 aromatic rings. The molecule has 0 aliphatic rings. The van der Waals surface area contributed by atoms with E-state index in [1.165, 1.54) is 18.2 Å². The van der Waals surface area contributed by atoms with Crippen molar-refractivity contribution in [2.24, 2.45) is 0 Å². The van der Waals surface area contributed by atoms with Crippen LogP contribution >= 0.6 is 11.6 Å². The average molecular weight is 295 g/mol. The normalized spacial score (nSPS) is 9.30. The predicted octanol–water partition coefficient (Wildman–Crippen LogP) is 4.15. The van der Waals surface area contributed by atoms with Gasteiger partial charge in [-0.1, -0.05) is 41.9 Å². The van der Waals surface area contributed by atoms with Gasteiger partial charge in [-0.2, -0.15) is 0 Å². The van der Waals surface area contributed by atoms with E-state index in [0.29, 0.717) is 5.56 Å². The van der Waals surface area contributed by atoms with Crippen LogP contribution in [-0.4, -0.2) is 9.85 Å². The average Bonchev–Trinajstić information content (AvgIpc) is 2.40. The minimum atomic E-state index is -0.512. The number of benzene rings is 2. The van der Waals surface area contributed by atoms with Crippen LogP contribution in [0, 0.1) is 27.2 Å². The highest BCUT2D eigenvalue weighted by Gasteiger charge is 2.08. The maximum Gasteiger partial charge on any atom is 0.287 e. The molecule has 2 aromatic carbocycles. The summed E-state index contributed by atoms with van der Waals surface area (Å²) in [6.45, 7) is 1.72. The fourth-order valence-corrected chi connectivity index (χ4v) is 1.57. The molecule has 0 aliphatic carbocycles. The number of nitro benzene ring substituents is 2. The molecule has 104 valence electrons. The van der Waals surface area contributed by atoms with E-state index >= 15 is 0 Å². The summed E-state index contributed by atoms with van der Waals surface area (Å²) in [6, 6.07) is 12.7. The number of hydrogen-bond acceptors (Lipinski definition) is 4. The largest absolute Gasteiger partial charge is 0.287 e. The van der Waals surface area contributed by atoms with Crippen LogP contribution in [-0.2, 0) is 0 Å². The van der Waals surface area contributed by atoms with E-state index in [-0.39, 0.29) is 21.3 Å². The van der Waals surface area contributed by atoms with Crippen LogP contribution in [0.4, 0.5) is 11.4 Å². The van der Waals surface area contributed by atoms with E-state index in [4.69, 9.17) is 11.6 Å². The van der Waals surface area contributed by atoms with Crippen molar-refractivity contribution in [2.45, 2.75) is 6.92 Å². The SMILES string of the molecule is Cc1ccccc1[N+](=O)[O-].O=[N+]([O-])c1ccccc1Cl. The Morgan fingerprint density at radius 3 is 1.65 bits per heavy atom. The minimum Gasteiger partial charge on any atom is -0.258 e. The van der Waals surface area contributed by atoms with Crippen LogP contribution in [0.15, 0.2) is 48.5 Å². The van der Waals surface area contributed by atoms with Crippen LogP contribution in [0.1, 0.15) is 5.56 Å². The Hall–Kier alpha value is -2.47. The Morgan fingerprint density at radius 1 is 0.850 bits per heavy atom. The molecule has 0 unspecified atom stereocenters. The summed E-state index contributed by atoms with van der Waals surface area (Å²) in [7, 11) is 0. The standard InChI is InChI=1S/C7H7NO2.C6H4ClNO2/c1-6-4-2-3-5-7(6)8(9)10;7-5-3-1-2-4-6(5)8(9)10/h2-5H,1H3;1-4H. The lowest BCUT2D eigenvalue weighted by atomic mass is 10.2. The molecule has 0 saturated heterocycles. The van der Waals surface area contributed by atoms with Gasteiger partial charge in [0.2, 0.25) is 0 Å². The number of aryl methyl sites for hydroxylation is 1. The summed E-state index contributed by atoms with van der Waals surface area (Å²) >= 11 is 5.48. The summed E-state index contributed by atoms with van der Waals surface area (Å²) in [5.74, 6) is 0. The monoisotopic (exact) mass is 294 g/mol. The quantitative estimate of drug-likeness (QED) is 0.615. The molecular weight excluding hydrogens is 284 g/mol. The third-order valence-electron chi connectivity index (χ3n) is 2.36. The molecule has 0 amide bonds. The highest BCUT2D eigenvalue weighted by atomic mass is 35.5. The molecule has 0 saturated carbocycles. The summed E-state index contributed by atoms with van der Waals surface area (Å²) in [5.41, 5.74) is 0.833. The molecule has 0 heterocycles. The van der Waals surface area contributed by atoms with Crippen molar-refractivity contribution in [3.05, 3.63) is 79.3 Å². The van der Waals surface area contributed by atoms with Crippen molar-refractivity contribution in [2.75, 3.05) is 0 Å². The Kier molecular flexibility index (Phi) is 5.61. The molecule has 0 radical (unpaired) electrons. The van der Waals surface area contributed by atoms with Crippen molar-refractivity contribution in [1.82, 2.24) is 0 Å². The topological polar surface area (TPSA) is 86.3 Å². The number of para-hydroxylation sites is 2. The Morgan fingerprint density at radius 2 is 1.30 bits per heavy atom. The second-order valence-corrected chi connectivity index (χ2v) is 4.16. The number of halogens is 1. The second kappa shape index (κ2) is 7.20. The molecule has 0 fully saturated rings. The van der Waals surface area contributed by atoms with E-state index in [1.807, 2.05) is 0 Å². The van der Waals surface area contributed by atoms with Crippen molar-refractivity contribution in [3.63, 3.8) is 0 Å². The lowest BCUT2D eigenvalue weighted by Gasteiger charge is -1.92. The summed E-state index contributed by atoms with van der Waals surface area (Å²) in [4.78, 5) is 19.5. The molecule has 0 aliphatic heterocycles. The van der Waals surface area contributed by atoms with Gasteiger partial charge in [-0.25, -0.2) is 0 Å². The zero-order valence-corrected chi connectivity index (χ0v) is 11.3. The zero-order chi connectivity index (χ0) is 15.1. The second-order valence-electron chi connectivity index (χ2n) is 3.75. The Bertz CT molecular complexity index is 576. The summed E-state index contributed by atoms with van der Waals surface area (Å²) in [5, 5.41) is 20.5. The van der Waals surface area contributed by atoms with Gasteiger partial charge in [0.15, 0.2) is 0 Å². The van der Waals surface area contributed by atoms with E-state index in [1.54, 1.807) is 37.3 Å². The number of rotatable bonds is 2. The number of hydrogen-bond donors (Lipinski definition) is 0. The van der Waals surface area contributed by atoms with Gasteiger partial charge in [-0.05, 0) is 13.0 Å². The summed E-state index contributed by atoms with van der Waals surface area (Å²) < 4.78 is 0. The molecular formula is C13H11ClN2O4. The molecule has 6 nitrogen and oxygen atoms in total. The number of nitrogens with zero attached hydrogens (tertiary/aromatic N) is 2. The van der Waals surface area contributed by atoms with Gasteiger partial charge in [0.25, 0.3) is 11.4 Å². The van der Waals surface area contributed by atoms with Gasteiger partial charge >= 0.3 is 0 Å². The predicted molar refractivity (Wildman–Crippen MR) is 75.9 cm³/mol. The van der Waals surface area contributed by atoms with Gasteiger partial charge in [0.1, 0.15) is 5.02 Å². The van der Waals surface area contributed by atoms with E-state index in [9.17, 15) is 20.2 Å². The van der Waals surface area contributed by atoms with Crippen molar-refractivity contribution in [3.8, 4) is 0 Å². The van der Waals surface area contributed by atoms with Gasteiger partial charge in [-0.3, -0.25) is 20.2 Å². The Labute approximate surface area is 119 Å². The first-order valence-electron chi connectivity index (χ1n) is 5.52. The smallest absolute Gasteiger partial charge is 0.258 e. The van der Waals surface area contributed by atoms with E-state index in [2.05, 4.69) is 0 Å². The molecule has 0 N–H and O–H groups in total. The third kappa shape index (κ3) is 4.33. The maximum absolute atomic E-state index is 10.2. The third-order valence-corrected chi connectivity index (χ3v) is 2.68. The molecule has 0 spiro atoms. The number of nitro groups is 2. The van der Waals surface area contributed by atoms with E-state index < -0.39 is 4.92 Å². The van der Waals surface area contributed by atoms with Crippen LogP contribution in [0.5, 0.6) is 0 Å². The first kappa shape index (κ1) is 15.6. The van der Waals surface area contributed by atoms with Crippen LogP contribution in [0.25, 0.3) is 0 Å². The minimum absolute atomic E-state index is 0.0517. The van der Waals surface area contributed by atoms with Crippen LogP contribution in [0.2, 0.25) is 5.02 Å². The molecule has 0 aromatic heterocycles.